The van der Waals surface area contributed by atoms with Crippen LogP contribution in [0.3, 0.4) is 0 Å². The van der Waals surface area contributed by atoms with E-state index in [1.54, 1.807) is 42.3 Å². The Bertz CT molecular complexity index is 1250. The van der Waals surface area contributed by atoms with Crippen molar-refractivity contribution in [3.63, 3.8) is 0 Å². The van der Waals surface area contributed by atoms with Gasteiger partial charge in [-0.3, -0.25) is 4.79 Å². The van der Waals surface area contributed by atoms with E-state index in [0.717, 1.165) is 18.7 Å². The molecule has 1 aliphatic heterocycles. The first-order chi connectivity index (χ1) is 16.5. The van der Waals surface area contributed by atoms with E-state index < -0.39 is 11.6 Å². The van der Waals surface area contributed by atoms with E-state index in [-0.39, 0.29) is 11.5 Å². The molecule has 1 amide bonds. The number of ether oxygens (including phenoxy) is 1. The highest BCUT2D eigenvalue weighted by Crippen LogP contribution is 2.36. The number of hydrogen-bond acceptors (Lipinski definition) is 4. The highest BCUT2D eigenvalue weighted by Gasteiger charge is 2.21. The minimum absolute atomic E-state index is 0.0768. The van der Waals surface area contributed by atoms with Crippen molar-refractivity contribution in [2.24, 2.45) is 0 Å². The predicted octanol–water partition coefficient (Wildman–Crippen LogP) is 4.40. The molecule has 1 saturated heterocycles. The fourth-order valence-electron chi connectivity index (χ4n) is 4.13. The van der Waals surface area contributed by atoms with Gasteiger partial charge in [-0.25, -0.2) is 8.78 Å². The van der Waals surface area contributed by atoms with E-state index >= 15 is 4.39 Å². The van der Waals surface area contributed by atoms with Crippen LogP contribution in [0.15, 0.2) is 54.6 Å². The zero-order valence-corrected chi connectivity index (χ0v) is 18.9. The Morgan fingerprint density at radius 1 is 1.00 bits per heavy atom. The Morgan fingerprint density at radius 2 is 1.76 bits per heavy atom. The zero-order chi connectivity index (χ0) is 24.1. The lowest BCUT2D eigenvalue weighted by atomic mass is 9.91. The SMILES string of the molecule is COCCc1ccc(-c2ccc(C(=O)N3CCNCC3)cc2-c2ccc(C#N)c(F)c2)c(F)c1. The molecule has 3 aromatic rings. The molecule has 0 aromatic heterocycles. The van der Waals surface area contributed by atoms with Crippen LogP contribution in [0.1, 0.15) is 21.5 Å². The van der Waals surface area contributed by atoms with Crippen LogP contribution >= 0.6 is 0 Å². The Morgan fingerprint density at radius 3 is 2.44 bits per heavy atom. The van der Waals surface area contributed by atoms with Crippen molar-refractivity contribution in [3.05, 3.63) is 82.9 Å². The molecule has 0 aliphatic carbocycles. The monoisotopic (exact) mass is 461 g/mol. The van der Waals surface area contributed by atoms with Crippen molar-refractivity contribution in [1.82, 2.24) is 10.2 Å². The molecule has 0 atom stereocenters. The molecule has 5 nitrogen and oxygen atoms in total. The van der Waals surface area contributed by atoms with Crippen LogP contribution in [0.4, 0.5) is 8.78 Å². The first-order valence-electron chi connectivity index (χ1n) is 11.1. The number of piperazine rings is 1. The summed E-state index contributed by atoms with van der Waals surface area (Å²) in [4.78, 5) is 14.9. The van der Waals surface area contributed by atoms with E-state index in [9.17, 15) is 9.18 Å². The first kappa shape index (κ1) is 23.6. The number of hydrogen-bond donors (Lipinski definition) is 1. The van der Waals surface area contributed by atoms with Crippen LogP contribution in [0.2, 0.25) is 0 Å². The Labute approximate surface area is 197 Å². The molecule has 0 bridgehead atoms. The van der Waals surface area contributed by atoms with E-state index in [1.165, 1.54) is 18.2 Å². The lowest BCUT2D eigenvalue weighted by Gasteiger charge is -2.27. The maximum absolute atomic E-state index is 15.2. The second-order valence-electron chi connectivity index (χ2n) is 8.17. The molecule has 1 N–H and O–H groups in total. The van der Waals surface area contributed by atoms with Crippen LogP contribution in [-0.4, -0.2) is 50.7 Å². The molecule has 4 rings (SSSR count). The molecular weight excluding hydrogens is 436 g/mol. The van der Waals surface area contributed by atoms with Gasteiger partial charge in [0.1, 0.15) is 17.7 Å². The van der Waals surface area contributed by atoms with Crippen molar-refractivity contribution >= 4 is 5.91 Å². The Balaban J connectivity index is 1.80. The van der Waals surface area contributed by atoms with E-state index in [4.69, 9.17) is 10.00 Å². The summed E-state index contributed by atoms with van der Waals surface area (Å²) in [6, 6.07) is 16.1. The number of nitrogens with one attached hydrogen (secondary N) is 1. The van der Waals surface area contributed by atoms with Crippen molar-refractivity contribution in [1.29, 1.82) is 5.26 Å². The van der Waals surface area contributed by atoms with Crippen LogP contribution in [0.25, 0.3) is 22.3 Å². The number of nitrogens with zero attached hydrogens (tertiary/aromatic N) is 2. The molecule has 0 spiro atoms. The number of amides is 1. The smallest absolute Gasteiger partial charge is 0.253 e. The number of carbonyl (C=O) groups excluding carboxylic acids is 1. The number of methoxy groups -OCH3 is 1. The van der Waals surface area contributed by atoms with Gasteiger partial charge >= 0.3 is 0 Å². The fourth-order valence-corrected chi connectivity index (χ4v) is 4.13. The van der Waals surface area contributed by atoms with Crippen molar-refractivity contribution < 1.29 is 18.3 Å². The van der Waals surface area contributed by atoms with Crippen LogP contribution in [0, 0.1) is 23.0 Å². The predicted molar refractivity (Wildman–Crippen MR) is 126 cm³/mol. The standard InChI is InChI=1S/C27H25F2N3O2/c1-34-13-8-18-2-6-23(26(29)14-18)22-7-5-20(27(33)32-11-9-31-10-12-32)15-24(22)19-3-4-21(17-30)25(28)16-19/h2-7,14-16,31H,8-13H2,1H3. The van der Waals surface area contributed by atoms with Crippen LogP contribution < -0.4 is 5.32 Å². The lowest BCUT2D eigenvalue weighted by Crippen LogP contribution is -2.46. The minimum atomic E-state index is -0.667. The average molecular weight is 462 g/mol. The highest BCUT2D eigenvalue weighted by molar-refractivity contribution is 5.98. The van der Waals surface area contributed by atoms with E-state index in [2.05, 4.69) is 5.32 Å². The molecule has 34 heavy (non-hydrogen) atoms. The third kappa shape index (κ3) is 4.98. The third-order valence-corrected chi connectivity index (χ3v) is 5.99. The molecule has 0 unspecified atom stereocenters. The van der Waals surface area contributed by atoms with Gasteiger partial charge in [0.25, 0.3) is 5.91 Å². The molecule has 1 heterocycles. The van der Waals surface area contributed by atoms with Gasteiger partial charge in [0.05, 0.1) is 12.2 Å². The van der Waals surface area contributed by atoms with Gasteiger partial charge in [-0.05, 0) is 59.0 Å². The van der Waals surface area contributed by atoms with E-state index in [0.29, 0.717) is 53.9 Å². The summed E-state index contributed by atoms with van der Waals surface area (Å²) in [5.41, 5.74) is 3.05. The van der Waals surface area contributed by atoms with Gasteiger partial charge in [-0.1, -0.05) is 24.3 Å². The summed E-state index contributed by atoms with van der Waals surface area (Å²) in [5, 5.41) is 12.3. The molecule has 0 radical (unpaired) electrons. The van der Waals surface area contributed by atoms with Gasteiger partial charge in [-0.2, -0.15) is 5.26 Å². The number of halogens is 2. The Hall–Kier alpha value is -3.60. The van der Waals surface area contributed by atoms with Gasteiger partial charge in [0.15, 0.2) is 0 Å². The quantitative estimate of drug-likeness (QED) is 0.591. The van der Waals surface area contributed by atoms with Gasteiger partial charge in [-0.15, -0.1) is 0 Å². The molecule has 3 aromatic carbocycles. The van der Waals surface area contributed by atoms with Gasteiger partial charge in [0, 0.05) is 44.4 Å². The van der Waals surface area contributed by atoms with Crippen molar-refractivity contribution in [3.8, 4) is 28.3 Å². The summed E-state index contributed by atoms with van der Waals surface area (Å²) >= 11 is 0. The maximum atomic E-state index is 15.2. The largest absolute Gasteiger partial charge is 0.384 e. The van der Waals surface area contributed by atoms with Crippen molar-refractivity contribution in [2.75, 3.05) is 39.9 Å². The topological polar surface area (TPSA) is 65.4 Å². The molecule has 174 valence electrons. The molecular formula is C27H25F2N3O2. The molecule has 0 saturated carbocycles. The molecule has 1 fully saturated rings. The average Bonchev–Trinajstić information content (AvgIpc) is 2.87. The summed E-state index contributed by atoms with van der Waals surface area (Å²) < 4.78 is 34.7. The molecule has 1 aliphatic rings. The maximum Gasteiger partial charge on any atom is 0.253 e. The fraction of sp³-hybridized carbons (Fsp3) is 0.259. The van der Waals surface area contributed by atoms with E-state index in [1.807, 2.05) is 12.1 Å². The molecule has 7 heteroatoms. The number of carbonyl (C=O) groups is 1. The number of nitriles is 1. The van der Waals surface area contributed by atoms with Crippen LogP contribution in [-0.2, 0) is 11.2 Å². The lowest BCUT2D eigenvalue weighted by molar-refractivity contribution is 0.0736. The van der Waals surface area contributed by atoms with Gasteiger partial charge in [0.2, 0.25) is 0 Å². The summed E-state index contributed by atoms with van der Waals surface area (Å²) in [5.74, 6) is -1.20. The second-order valence-corrected chi connectivity index (χ2v) is 8.17. The highest BCUT2D eigenvalue weighted by atomic mass is 19.1. The normalized spacial score (nSPS) is 13.5. The third-order valence-electron chi connectivity index (χ3n) is 5.99. The van der Waals surface area contributed by atoms with Gasteiger partial charge < -0.3 is 15.0 Å². The minimum Gasteiger partial charge on any atom is -0.384 e. The Kier molecular flexibility index (Phi) is 7.31. The summed E-state index contributed by atoms with van der Waals surface area (Å²) in [6.45, 7) is 3.12. The number of rotatable bonds is 6. The second kappa shape index (κ2) is 10.6. The van der Waals surface area contributed by atoms with Crippen LogP contribution in [0.5, 0.6) is 0 Å². The summed E-state index contributed by atoms with van der Waals surface area (Å²) in [6.07, 6.45) is 0.583. The zero-order valence-electron chi connectivity index (χ0n) is 18.9. The number of benzene rings is 3. The van der Waals surface area contributed by atoms with Crippen molar-refractivity contribution in [2.45, 2.75) is 6.42 Å². The first-order valence-corrected chi connectivity index (χ1v) is 11.1. The summed E-state index contributed by atoms with van der Waals surface area (Å²) in [7, 11) is 1.59.